The molecule has 0 unspecified atom stereocenters. The van der Waals surface area contributed by atoms with Crippen LogP contribution < -0.4 is 10.1 Å². The molecule has 2 aromatic rings. The van der Waals surface area contributed by atoms with Gasteiger partial charge in [-0.1, -0.05) is 0 Å². The molecule has 0 spiro atoms. The maximum Gasteiger partial charge on any atom is 0.573 e. The van der Waals surface area contributed by atoms with Gasteiger partial charge in [-0.15, -0.1) is 13.2 Å². The number of aryl methyl sites for hydroxylation is 2. The van der Waals surface area contributed by atoms with Crippen LogP contribution >= 0.6 is 0 Å². The lowest BCUT2D eigenvalue weighted by Crippen LogP contribution is -2.17. The molecule has 0 amide bonds. The fourth-order valence-electron chi connectivity index (χ4n) is 1.79. The molecule has 1 aromatic heterocycles. The number of hydrogen-bond donors (Lipinski definition) is 1. The van der Waals surface area contributed by atoms with E-state index in [2.05, 4.69) is 15.2 Å². The summed E-state index contributed by atoms with van der Waals surface area (Å²) in [4.78, 5) is 0. The largest absolute Gasteiger partial charge is 0.573 e. The van der Waals surface area contributed by atoms with Crippen molar-refractivity contribution in [1.82, 2.24) is 9.78 Å². The first kappa shape index (κ1) is 14.2. The Balaban J connectivity index is 1.96. The van der Waals surface area contributed by atoms with E-state index in [9.17, 15) is 13.2 Å². The molecule has 1 heterocycles. The average Bonchev–Trinajstić information content (AvgIpc) is 2.65. The van der Waals surface area contributed by atoms with Crippen LogP contribution in [-0.4, -0.2) is 16.1 Å². The van der Waals surface area contributed by atoms with Crippen LogP contribution in [0.2, 0.25) is 0 Å². The predicted octanol–water partition coefficient (Wildman–Crippen LogP) is 3.24. The minimum atomic E-state index is -4.66. The van der Waals surface area contributed by atoms with Gasteiger partial charge < -0.3 is 10.1 Å². The first-order valence-corrected chi connectivity index (χ1v) is 5.92. The molecule has 4 nitrogen and oxygen atoms in total. The van der Waals surface area contributed by atoms with Gasteiger partial charge in [-0.3, -0.25) is 4.68 Å². The maximum absolute atomic E-state index is 12.0. The van der Waals surface area contributed by atoms with Crippen LogP contribution in [0.4, 0.5) is 18.9 Å². The molecule has 0 fully saturated rings. The van der Waals surface area contributed by atoms with Gasteiger partial charge in [0.2, 0.25) is 0 Å². The third-order valence-electron chi connectivity index (χ3n) is 2.69. The Kier molecular flexibility index (Phi) is 3.87. The third-order valence-corrected chi connectivity index (χ3v) is 2.69. The van der Waals surface area contributed by atoms with Gasteiger partial charge in [-0.2, -0.15) is 5.10 Å². The zero-order valence-corrected chi connectivity index (χ0v) is 11.0. The van der Waals surface area contributed by atoms with E-state index in [1.54, 1.807) is 4.68 Å². The molecule has 0 saturated heterocycles. The Morgan fingerprint density at radius 2 is 1.90 bits per heavy atom. The third kappa shape index (κ3) is 3.91. The lowest BCUT2D eigenvalue weighted by Gasteiger charge is -2.10. The molecular formula is C13H14F3N3O. The van der Waals surface area contributed by atoms with Crippen LogP contribution in [0.1, 0.15) is 11.3 Å². The predicted molar refractivity (Wildman–Crippen MR) is 68.4 cm³/mol. The molecule has 0 saturated carbocycles. The van der Waals surface area contributed by atoms with E-state index in [-0.39, 0.29) is 5.75 Å². The summed E-state index contributed by atoms with van der Waals surface area (Å²) >= 11 is 0. The minimum Gasteiger partial charge on any atom is -0.406 e. The van der Waals surface area contributed by atoms with E-state index < -0.39 is 6.36 Å². The van der Waals surface area contributed by atoms with Crippen LogP contribution in [0.15, 0.2) is 30.5 Å². The summed E-state index contributed by atoms with van der Waals surface area (Å²) in [7, 11) is 1.83. The molecule has 0 radical (unpaired) electrons. The minimum absolute atomic E-state index is 0.236. The lowest BCUT2D eigenvalue weighted by molar-refractivity contribution is -0.274. The summed E-state index contributed by atoms with van der Waals surface area (Å²) in [6, 6.07) is 5.61. The second-order valence-electron chi connectivity index (χ2n) is 4.34. The Morgan fingerprint density at radius 1 is 1.25 bits per heavy atom. The van der Waals surface area contributed by atoms with Crippen LogP contribution in [-0.2, 0) is 13.6 Å². The Hall–Kier alpha value is -2.18. The van der Waals surface area contributed by atoms with Crippen LogP contribution in [0, 0.1) is 6.92 Å². The summed E-state index contributed by atoms with van der Waals surface area (Å²) in [6.45, 7) is 2.45. The molecule has 0 aliphatic heterocycles. The van der Waals surface area contributed by atoms with Crippen molar-refractivity contribution in [2.24, 2.45) is 7.05 Å². The molecule has 0 bridgehead atoms. The van der Waals surface area contributed by atoms with Crippen molar-refractivity contribution in [3.8, 4) is 5.75 Å². The highest BCUT2D eigenvalue weighted by Crippen LogP contribution is 2.24. The number of benzene rings is 1. The number of halogens is 3. The highest BCUT2D eigenvalue weighted by molar-refractivity contribution is 5.46. The van der Waals surface area contributed by atoms with E-state index in [4.69, 9.17) is 0 Å². The van der Waals surface area contributed by atoms with Crippen LogP contribution in [0.3, 0.4) is 0 Å². The highest BCUT2D eigenvalue weighted by atomic mass is 19.4. The fourth-order valence-corrected chi connectivity index (χ4v) is 1.79. The number of anilines is 1. The van der Waals surface area contributed by atoms with E-state index >= 15 is 0 Å². The van der Waals surface area contributed by atoms with E-state index in [0.717, 1.165) is 11.3 Å². The summed E-state index contributed by atoms with van der Waals surface area (Å²) in [5.74, 6) is -0.236. The van der Waals surface area contributed by atoms with E-state index in [1.165, 1.54) is 24.3 Å². The second-order valence-corrected chi connectivity index (χ2v) is 4.34. The van der Waals surface area contributed by atoms with Crippen molar-refractivity contribution in [2.75, 3.05) is 5.32 Å². The molecule has 1 N–H and O–H groups in total. The quantitative estimate of drug-likeness (QED) is 0.937. The molecule has 108 valence electrons. The number of hydrogen-bond acceptors (Lipinski definition) is 3. The average molecular weight is 285 g/mol. The van der Waals surface area contributed by atoms with Gasteiger partial charge in [0, 0.05) is 31.0 Å². The number of nitrogens with zero attached hydrogens (tertiary/aromatic N) is 2. The summed E-state index contributed by atoms with van der Waals surface area (Å²) in [6.07, 6.45) is -2.77. The van der Waals surface area contributed by atoms with Crippen molar-refractivity contribution < 1.29 is 17.9 Å². The van der Waals surface area contributed by atoms with Gasteiger partial charge in [0.15, 0.2) is 0 Å². The molecule has 0 aliphatic rings. The van der Waals surface area contributed by atoms with Crippen molar-refractivity contribution in [3.05, 3.63) is 41.7 Å². The molecule has 1 aromatic carbocycles. The summed E-state index contributed by atoms with van der Waals surface area (Å²) < 4.78 is 41.5. The zero-order chi connectivity index (χ0) is 14.8. The SMILES string of the molecule is Cc1nn(C)cc1CNc1ccc(OC(F)(F)F)cc1. The Labute approximate surface area is 114 Å². The van der Waals surface area contributed by atoms with Crippen molar-refractivity contribution in [1.29, 1.82) is 0 Å². The number of alkyl halides is 3. The van der Waals surface area contributed by atoms with Crippen LogP contribution in [0.5, 0.6) is 5.75 Å². The first-order valence-electron chi connectivity index (χ1n) is 5.92. The smallest absolute Gasteiger partial charge is 0.406 e. The van der Waals surface area contributed by atoms with Crippen molar-refractivity contribution >= 4 is 5.69 Å². The van der Waals surface area contributed by atoms with E-state index in [1.807, 2.05) is 20.2 Å². The van der Waals surface area contributed by atoms with Crippen LogP contribution in [0.25, 0.3) is 0 Å². The molecule has 2 rings (SSSR count). The molecular weight excluding hydrogens is 271 g/mol. The van der Waals surface area contributed by atoms with Crippen molar-refractivity contribution in [3.63, 3.8) is 0 Å². The lowest BCUT2D eigenvalue weighted by atomic mass is 10.2. The molecule has 0 aliphatic carbocycles. The van der Waals surface area contributed by atoms with Gasteiger partial charge in [0.25, 0.3) is 0 Å². The Morgan fingerprint density at radius 3 is 2.40 bits per heavy atom. The van der Waals surface area contributed by atoms with Gasteiger partial charge in [-0.25, -0.2) is 0 Å². The first-order chi connectivity index (χ1) is 9.33. The van der Waals surface area contributed by atoms with Gasteiger partial charge >= 0.3 is 6.36 Å². The summed E-state index contributed by atoms with van der Waals surface area (Å²) in [5.41, 5.74) is 2.66. The van der Waals surface area contributed by atoms with Gasteiger partial charge in [0.1, 0.15) is 5.75 Å². The monoisotopic (exact) mass is 285 g/mol. The number of rotatable bonds is 4. The van der Waals surface area contributed by atoms with Gasteiger partial charge in [0.05, 0.1) is 5.69 Å². The Bertz CT molecular complexity index is 576. The van der Waals surface area contributed by atoms with Crippen molar-refractivity contribution in [2.45, 2.75) is 19.8 Å². The standard InChI is InChI=1S/C13H14F3N3O/c1-9-10(8-19(2)18-9)7-17-11-3-5-12(6-4-11)20-13(14,15)16/h3-6,8,17H,7H2,1-2H3. The zero-order valence-electron chi connectivity index (χ0n) is 11.0. The van der Waals surface area contributed by atoms with Gasteiger partial charge in [-0.05, 0) is 31.2 Å². The highest BCUT2D eigenvalue weighted by Gasteiger charge is 2.30. The molecule has 7 heteroatoms. The number of nitrogens with one attached hydrogen (secondary N) is 1. The fraction of sp³-hybridized carbons (Fsp3) is 0.308. The number of aromatic nitrogens is 2. The summed E-state index contributed by atoms with van der Waals surface area (Å²) in [5, 5.41) is 7.32. The normalized spacial score (nSPS) is 11.4. The molecule has 0 atom stereocenters. The second kappa shape index (κ2) is 5.44. The maximum atomic E-state index is 12.0. The topological polar surface area (TPSA) is 39.1 Å². The number of ether oxygens (including phenoxy) is 1. The molecule has 20 heavy (non-hydrogen) atoms. The van der Waals surface area contributed by atoms with E-state index in [0.29, 0.717) is 12.2 Å².